The van der Waals surface area contributed by atoms with Gasteiger partial charge in [-0.05, 0) is 35.2 Å². The molecular weight excluding hydrogens is 222 g/mol. The van der Waals surface area contributed by atoms with Gasteiger partial charge in [0.1, 0.15) is 0 Å². The summed E-state index contributed by atoms with van der Waals surface area (Å²) in [7, 11) is 0. The van der Waals surface area contributed by atoms with Crippen molar-refractivity contribution in [1.82, 2.24) is 0 Å². The molecule has 0 bridgehead atoms. The molecule has 1 aromatic heterocycles. The molecule has 0 aliphatic heterocycles. The number of rotatable bonds is 4. The van der Waals surface area contributed by atoms with Gasteiger partial charge in [0, 0.05) is 17.0 Å². The van der Waals surface area contributed by atoms with Gasteiger partial charge in [-0.3, -0.25) is 0 Å². The Hall–Kier alpha value is 0.01000. The fraction of sp³-hybridized carbons (Fsp3) is 0.667. The van der Waals surface area contributed by atoms with Crippen molar-refractivity contribution in [3.63, 3.8) is 0 Å². The zero-order chi connectivity index (χ0) is 10.5. The highest BCUT2D eigenvalue weighted by atomic mass is 32.2. The lowest BCUT2D eigenvalue weighted by Gasteiger charge is -2.22. The summed E-state index contributed by atoms with van der Waals surface area (Å²) in [6.45, 7) is 0. The van der Waals surface area contributed by atoms with E-state index in [4.69, 9.17) is 5.73 Å². The van der Waals surface area contributed by atoms with E-state index < -0.39 is 0 Å². The minimum absolute atomic E-state index is 0.239. The lowest BCUT2D eigenvalue weighted by Crippen LogP contribution is -2.16. The molecule has 0 spiro atoms. The van der Waals surface area contributed by atoms with E-state index in [0.29, 0.717) is 0 Å². The van der Waals surface area contributed by atoms with Crippen molar-refractivity contribution in [2.24, 2.45) is 5.73 Å². The van der Waals surface area contributed by atoms with Crippen LogP contribution in [0, 0.1) is 0 Å². The molecule has 0 amide bonds. The highest BCUT2D eigenvalue weighted by Gasteiger charge is 2.15. The van der Waals surface area contributed by atoms with Crippen LogP contribution in [0.1, 0.15) is 43.7 Å². The number of thioether (sulfide) groups is 1. The first-order valence-electron chi connectivity index (χ1n) is 5.75. The van der Waals surface area contributed by atoms with E-state index in [1.807, 2.05) is 0 Å². The monoisotopic (exact) mass is 241 g/mol. The van der Waals surface area contributed by atoms with Crippen LogP contribution in [-0.2, 0) is 0 Å². The third-order valence-corrected chi connectivity index (χ3v) is 5.23. The molecule has 1 atom stereocenters. The minimum Gasteiger partial charge on any atom is -0.323 e. The largest absolute Gasteiger partial charge is 0.323 e. The van der Waals surface area contributed by atoms with Crippen molar-refractivity contribution in [3.05, 3.63) is 22.4 Å². The second-order valence-electron chi connectivity index (χ2n) is 4.26. The number of hydrogen-bond donors (Lipinski definition) is 1. The van der Waals surface area contributed by atoms with Crippen LogP contribution in [0.4, 0.5) is 0 Å². The molecule has 2 N–H and O–H groups in total. The molecule has 1 heterocycles. The first kappa shape index (κ1) is 11.5. The third kappa shape index (κ3) is 3.51. The zero-order valence-corrected chi connectivity index (χ0v) is 10.7. The van der Waals surface area contributed by atoms with Crippen LogP contribution in [0.15, 0.2) is 16.8 Å². The van der Waals surface area contributed by atoms with Crippen molar-refractivity contribution in [3.8, 4) is 0 Å². The first-order chi connectivity index (χ1) is 7.36. The maximum Gasteiger partial charge on any atom is 0.0395 e. The molecule has 3 heteroatoms. The van der Waals surface area contributed by atoms with Gasteiger partial charge in [-0.15, -0.1) is 0 Å². The van der Waals surface area contributed by atoms with Gasteiger partial charge in [0.15, 0.2) is 0 Å². The van der Waals surface area contributed by atoms with Crippen LogP contribution in [-0.4, -0.2) is 11.0 Å². The van der Waals surface area contributed by atoms with E-state index in [1.165, 1.54) is 37.7 Å². The van der Waals surface area contributed by atoms with Crippen LogP contribution in [0.25, 0.3) is 0 Å². The summed E-state index contributed by atoms with van der Waals surface area (Å²) in [5.74, 6) is 1.08. The summed E-state index contributed by atoms with van der Waals surface area (Å²) < 4.78 is 0. The lowest BCUT2D eigenvalue weighted by atomic mass is 10.0. The second kappa shape index (κ2) is 5.92. The molecule has 1 aliphatic rings. The Morgan fingerprint density at radius 3 is 2.87 bits per heavy atom. The number of nitrogens with two attached hydrogens (primary N) is 1. The summed E-state index contributed by atoms with van der Waals surface area (Å²) in [5.41, 5.74) is 7.45. The first-order valence-corrected chi connectivity index (χ1v) is 7.74. The highest BCUT2D eigenvalue weighted by molar-refractivity contribution is 7.99. The Bertz CT molecular complexity index is 265. The van der Waals surface area contributed by atoms with E-state index in [9.17, 15) is 0 Å². The van der Waals surface area contributed by atoms with Gasteiger partial charge in [0.05, 0.1) is 0 Å². The Kier molecular flexibility index (Phi) is 4.54. The van der Waals surface area contributed by atoms with Gasteiger partial charge in [-0.1, -0.05) is 19.3 Å². The fourth-order valence-corrected chi connectivity index (χ4v) is 4.12. The van der Waals surface area contributed by atoms with Crippen molar-refractivity contribution >= 4 is 23.1 Å². The van der Waals surface area contributed by atoms with Crippen LogP contribution < -0.4 is 5.73 Å². The topological polar surface area (TPSA) is 26.0 Å². The molecule has 0 aromatic carbocycles. The molecule has 0 radical (unpaired) electrons. The number of thiophene rings is 1. The Morgan fingerprint density at radius 1 is 1.40 bits per heavy atom. The SMILES string of the molecule is NC(CSC1CCCCC1)c1ccsc1. The lowest BCUT2D eigenvalue weighted by molar-refractivity contribution is 0.515. The van der Waals surface area contributed by atoms with Crippen LogP contribution in [0.5, 0.6) is 0 Å². The van der Waals surface area contributed by atoms with E-state index in [2.05, 4.69) is 28.6 Å². The molecule has 2 rings (SSSR count). The molecule has 15 heavy (non-hydrogen) atoms. The average Bonchev–Trinajstić information content (AvgIpc) is 2.81. The smallest absolute Gasteiger partial charge is 0.0395 e. The van der Waals surface area contributed by atoms with Crippen molar-refractivity contribution < 1.29 is 0 Å². The average molecular weight is 241 g/mol. The van der Waals surface area contributed by atoms with Gasteiger partial charge in [-0.2, -0.15) is 23.1 Å². The van der Waals surface area contributed by atoms with Crippen LogP contribution in [0.3, 0.4) is 0 Å². The molecule has 1 saturated carbocycles. The van der Waals surface area contributed by atoms with Crippen molar-refractivity contribution in [2.45, 2.75) is 43.4 Å². The molecular formula is C12H19NS2. The van der Waals surface area contributed by atoms with Crippen molar-refractivity contribution in [1.29, 1.82) is 0 Å². The summed E-state index contributed by atoms with van der Waals surface area (Å²) in [6.07, 6.45) is 7.09. The Labute approximate surface area is 100 Å². The van der Waals surface area contributed by atoms with Crippen molar-refractivity contribution in [2.75, 3.05) is 5.75 Å². The molecule has 1 unspecified atom stereocenters. The highest BCUT2D eigenvalue weighted by Crippen LogP contribution is 2.30. The van der Waals surface area contributed by atoms with Gasteiger partial charge in [0.2, 0.25) is 0 Å². The van der Waals surface area contributed by atoms with Gasteiger partial charge < -0.3 is 5.73 Å². The second-order valence-corrected chi connectivity index (χ2v) is 6.37. The van der Waals surface area contributed by atoms with E-state index in [-0.39, 0.29) is 6.04 Å². The third-order valence-electron chi connectivity index (χ3n) is 3.04. The summed E-state index contributed by atoms with van der Waals surface area (Å²) in [5, 5.41) is 5.16. The van der Waals surface area contributed by atoms with Gasteiger partial charge >= 0.3 is 0 Å². The fourth-order valence-electron chi connectivity index (χ4n) is 2.05. The van der Waals surface area contributed by atoms with Gasteiger partial charge in [0.25, 0.3) is 0 Å². The summed E-state index contributed by atoms with van der Waals surface area (Å²) in [4.78, 5) is 0. The summed E-state index contributed by atoms with van der Waals surface area (Å²) in [6, 6.07) is 2.39. The zero-order valence-electron chi connectivity index (χ0n) is 9.02. The van der Waals surface area contributed by atoms with Crippen LogP contribution >= 0.6 is 23.1 Å². The Morgan fingerprint density at radius 2 is 2.20 bits per heavy atom. The minimum atomic E-state index is 0.239. The Balaban J connectivity index is 1.73. The van der Waals surface area contributed by atoms with Gasteiger partial charge in [-0.25, -0.2) is 0 Å². The van der Waals surface area contributed by atoms with E-state index in [0.717, 1.165) is 11.0 Å². The molecule has 84 valence electrons. The van der Waals surface area contributed by atoms with E-state index in [1.54, 1.807) is 11.3 Å². The quantitative estimate of drug-likeness (QED) is 0.867. The molecule has 0 saturated heterocycles. The molecule has 1 aromatic rings. The molecule has 1 fully saturated rings. The maximum atomic E-state index is 6.14. The predicted octanol–water partition coefficient (Wildman–Crippen LogP) is 3.81. The van der Waals surface area contributed by atoms with E-state index >= 15 is 0 Å². The number of hydrogen-bond acceptors (Lipinski definition) is 3. The molecule has 1 aliphatic carbocycles. The predicted molar refractivity (Wildman–Crippen MR) is 70.6 cm³/mol. The maximum absolute atomic E-state index is 6.14. The summed E-state index contributed by atoms with van der Waals surface area (Å²) >= 11 is 3.82. The molecule has 1 nitrogen and oxygen atoms in total. The van der Waals surface area contributed by atoms with Crippen LogP contribution in [0.2, 0.25) is 0 Å². The normalized spacial score (nSPS) is 20.3. The standard InChI is InChI=1S/C12H19NS2/c13-12(10-6-7-14-8-10)9-15-11-4-2-1-3-5-11/h6-8,11-12H,1-5,9,13H2.